The number of nitrogens with zero attached hydrogens (tertiary/aromatic N) is 3. The van der Waals surface area contributed by atoms with Crippen LogP contribution in [0.2, 0.25) is 0 Å². The van der Waals surface area contributed by atoms with E-state index in [0.717, 1.165) is 16.7 Å². The summed E-state index contributed by atoms with van der Waals surface area (Å²) in [7, 11) is -3.79. The van der Waals surface area contributed by atoms with Gasteiger partial charge in [-0.05, 0) is 30.3 Å². The number of carbonyl (C=O) groups excluding carboxylic acids is 1. The molecular formula is C16H17N5O3S3. The minimum absolute atomic E-state index is 0.00240. The molecule has 3 rings (SSSR count). The van der Waals surface area contributed by atoms with Crippen molar-refractivity contribution in [1.29, 1.82) is 0 Å². The third kappa shape index (κ3) is 5.94. The lowest BCUT2D eigenvalue weighted by atomic mass is 10.3. The van der Waals surface area contributed by atoms with E-state index in [9.17, 15) is 13.2 Å². The topological polar surface area (TPSA) is 113 Å². The summed E-state index contributed by atoms with van der Waals surface area (Å²) < 4.78 is 27.9. The molecule has 1 aliphatic rings. The molecule has 1 aromatic carbocycles. The van der Waals surface area contributed by atoms with Gasteiger partial charge >= 0.3 is 0 Å². The summed E-state index contributed by atoms with van der Waals surface area (Å²) in [6, 6.07) is 7.51. The van der Waals surface area contributed by atoms with Crippen LogP contribution in [-0.2, 0) is 14.8 Å². The van der Waals surface area contributed by atoms with Crippen molar-refractivity contribution in [3.05, 3.63) is 42.7 Å². The van der Waals surface area contributed by atoms with Crippen molar-refractivity contribution < 1.29 is 13.2 Å². The maximum absolute atomic E-state index is 12.3. The first kappa shape index (κ1) is 19.6. The van der Waals surface area contributed by atoms with Gasteiger partial charge in [-0.25, -0.2) is 23.1 Å². The minimum Gasteiger partial charge on any atom is -0.326 e. The smallest absolute Gasteiger partial charge is 0.264 e. The zero-order chi connectivity index (χ0) is 19.1. The molecule has 0 saturated carbocycles. The van der Waals surface area contributed by atoms with Gasteiger partial charge in [-0.2, -0.15) is 0 Å². The van der Waals surface area contributed by atoms with Crippen LogP contribution in [-0.4, -0.2) is 46.7 Å². The maximum atomic E-state index is 12.3. The lowest BCUT2D eigenvalue weighted by Crippen LogP contribution is -2.15. The molecule has 1 amide bonds. The lowest BCUT2D eigenvalue weighted by molar-refractivity contribution is -0.115. The Bertz CT molecular complexity index is 918. The molecule has 1 aliphatic heterocycles. The van der Waals surface area contributed by atoms with Crippen molar-refractivity contribution in [3.8, 4) is 0 Å². The number of thioether (sulfide) groups is 2. The van der Waals surface area contributed by atoms with Gasteiger partial charge in [0.15, 0.2) is 0 Å². The fraction of sp³-hybridized carbons (Fsp3) is 0.250. The van der Waals surface area contributed by atoms with Crippen LogP contribution in [0, 0.1) is 0 Å². The van der Waals surface area contributed by atoms with Crippen molar-refractivity contribution in [2.45, 2.75) is 11.3 Å². The number of nitrogens with one attached hydrogen (secondary N) is 2. The maximum Gasteiger partial charge on any atom is 0.264 e. The first-order valence-corrected chi connectivity index (χ1v) is 11.5. The summed E-state index contributed by atoms with van der Waals surface area (Å²) >= 11 is 3.29. The third-order valence-corrected chi connectivity index (χ3v) is 6.95. The molecule has 142 valence electrons. The summed E-state index contributed by atoms with van der Waals surface area (Å²) in [6.45, 7) is 0.847. The molecule has 0 saturated heterocycles. The van der Waals surface area contributed by atoms with Crippen molar-refractivity contribution in [1.82, 2.24) is 9.97 Å². The second-order valence-corrected chi connectivity index (χ2v) is 9.45. The summed E-state index contributed by atoms with van der Waals surface area (Å²) in [5.41, 5.74) is 0.535. The standard InChI is InChI=1S/C16H17N5O3S3/c22-14(6-10-25-16-19-9-11-26-16)20-12-2-4-13(5-3-12)27(23,24)21-15-17-7-1-8-18-15/h1-5,7-8H,6,9-11H2,(H,20,22)(H,17,18,21). The van der Waals surface area contributed by atoms with Gasteiger partial charge in [0, 0.05) is 36.0 Å². The van der Waals surface area contributed by atoms with E-state index >= 15 is 0 Å². The van der Waals surface area contributed by atoms with Gasteiger partial charge in [-0.3, -0.25) is 9.79 Å². The number of hydrogen-bond acceptors (Lipinski definition) is 8. The molecule has 0 atom stereocenters. The number of aromatic nitrogens is 2. The van der Waals surface area contributed by atoms with E-state index in [4.69, 9.17) is 0 Å². The average Bonchev–Trinajstić information content (AvgIpc) is 3.16. The molecule has 0 unspecified atom stereocenters. The van der Waals surface area contributed by atoms with E-state index in [0.29, 0.717) is 17.9 Å². The number of hydrogen-bond donors (Lipinski definition) is 2. The number of carbonyl (C=O) groups is 1. The Morgan fingerprint density at radius 3 is 2.59 bits per heavy atom. The van der Waals surface area contributed by atoms with Crippen LogP contribution in [0.3, 0.4) is 0 Å². The molecule has 0 fully saturated rings. The Hall–Kier alpha value is -2.11. The number of amides is 1. The highest BCUT2D eigenvalue weighted by molar-refractivity contribution is 8.39. The van der Waals surface area contributed by atoms with Crippen molar-refractivity contribution in [3.63, 3.8) is 0 Å². The van der Waals surface area contributed by atoms with Gasteiger partial charge < -0.3 is 5.32 Å². The van der Waals surface area contributed by atoms with E-state index in [1.165, 1.54) is 24.5 Å². The highest BCUT2D eigenvalue weighted by atomic mass is 32.2. The summed E-state index contributed by atoms with van der Waals surface area (Å²) in [5.74, 6) is 1.54. The van der Waals surface area contributed by atoms with Gasteiger partial charge in [0.2, 0.25) is 11.9 Å². The molecule has 2 N–H and O–H groups in total. The monoisotopic (exact) mass is 423 g/mol. The molecule has 2 aromatic rings. The number of rotatable bonds is 7. The number of sulfonamides is 1. The van der Waals surface area contributed by atoms with Crippen LogP contribution in [0.4, 0.5) is 11.6 Å². The second kappa shape index (κ2) is 9.20. The number of benzene rings is 1. The first-order chi connectivity index (χ1) is 13.0. The largest absolute Gasteiger partial charge is 0.326 e. The molecule has 0 aliphatic carbocycles. The number of anilines is 2. The first-order valence-electron chi connectivity index (χ1n) is 8.03. The molecule has 0 radical (unpaired) electrons. The Labute approximate surface area is 165 Å². The van der Waals surface area contributed by atoms with Crippen LogP contribution >= 0.6 is 23.5 Å². The highest BCUT2D eigenvalue weighted by Gasteiger charge is 2.15. The molecule has 0 bridgehead atoms. The van der Waals surface area contributed by atoms with E-state index in [2.05, 4.69) is 25.0 Å². The Morgan fingerprint density at radius 1 is 1.19 bits per heavy atom. The average molecular weight is 424 g/mol. The van der Waals surface area contributed by atoms with Crippen molar-refractivity contribution in [2.75, 3.05) is 28.1 Å². The van der Waals surface area contributed by atoms with Gasteiger partial charge in [-0.1, -0.05) is 23.5 Å². The summed E-state index contributed by atoms with van der Waals surface area (Å²) in [6.07, 6.45) is 3.25. The fourth-order valence-electron chi connectivity index (χ4n) is 2.11. The quantitative estimate of drug-likeness (QED) is 0.703. The van der Waals surface area contributed by atoms with E-state index < -0.39 is 10.0 Å². The van der Waals surface area contributed by atoms with Crippen LogP contribution < -0.4 is 10.0 Å². The normalized spacial score (nSPS) is 13.9. The zero-order valence-electron chi connectivity index (χ0n) is 14.2. The van der Waals surface area contributed by atoms with Crippen molar-refractivity contribution in [2.24, 2.45) is 4.99 Å². The predicted octanol–water partition coefficient (Wildman–Crippen LogP) is 2.44. The Balaban J connectivity index is 1.52. The molecule has 8 nitrogen and oxygen atoms in total. The van der Waals surface area contributed by atoms with Crippen LogP contribution in [0.25, 0.3) is 0 Å². The number of aliphatic imine (C=N–C) groups is 1. The van der Waals surface area contributed by atoms with E-state index in [-0.39, 0.29) is 16.8 Å². The van der Waals surface area contributed by atoms with Crippen LogP contribution in [0.15, 0.2) is 52.6 Å². The lowest BCUT2D eigenvalue weighted by Gasteiger charge is -2.08. The minimum atomic E-state index is -3.79. The van der Waals surface area contributed by atoms with Gasteiger partial charge in [0.1, 0.15) is 4.38 Å². The fourth-order valence-corrected chi connectivity index (χ4v) is 5.08. The zero-order valence-corrected chi connectivity index (χ0v) is 16.6. The molecule has 1 aromatic heterocycles. The predicted molar refractivity (Wildman–Crippen MR) is 110 cm³/mol. The molecule has 27 heavy (non-hydrogen) atoms. The second-order valence-electron chi connectivity index (χ2n) is 5.35. The highest BCUT2D eigenvalue weighted by Crippen LogP contribution is 2.22. The van der Waals surface area contributed by atoms with Crippen LogP contribution in [0.5, 0.6) is 0 Å². The summed E-state index contributed by atoms with van der Waals surface area (Å²) in [5, 5.41) is 2.76. The van der Waals surface area contributed by atoms with E-state index in [1.54, 1.807) is 41.7 Å². The molecular weight excluding hydrogens is 406 g/mol. The Morgan fingerprint density at radius 2 is 1.93 bits per heavy atom. The molecule has 11 heteroatoms. The van der Waals surface area contributed by atoms with Crippen molar-refractivity contribution >= 4 is 55.5 Å². The van der Waals surface area contributed by atoms with Gasteiger partial charge in [-0.15, -0.1) is 0 Å². The Kier molecular flexibility index (Phi) is 6.69. The summed E-state index contributed by atoms with van der Waals surface area (Å²) in [4.78, 5) is 24.0. The van der Waals surface area contributed by atoms with Gasteiger partial charge in [0.05, 0.1) is 11.4 Å². The molecule has 0 spiro atoms. The third-order valence-electron chi connectivity index (χ3n) is 3.35. The molecule has 2 heterocycles. The van der Waals surface area contributed by atoms with Crippen LogP contribution in [0.1, 0.15) is 6.42 Å². The SMILES string of the molecule is O=C(CCSC1=NCCS1)Nc1ccc(S(=O)(=O)Nc2ncccn2)cc1. The van der Waals surface area contributed by atoms with Gasteiger partial charge in [0.25, 0.3) is 10.0 Å². The van der Waals surface area contributed by atoms with E-state index in [1.807, 2.05) is 0 Å².